The summed E-state index contributed by atoms with van der Waals surface area (Å²) in [6.45, 7) is 0.512. The minimum absolute atomic E-state index is 0.440. The highest BCUT2D eigenvalue weighted by Crippen LogP contribution is 2.38. The summed E-state index contributed by atoms with van der Waals surface area (Å²) >= 11 is 0. The van der Waals surface area contributed by atoms with Gasteiger partial charge in [-0.1, -0.05) is 66.7 Å². The van der Waals surface area contributed by atoms with Crippen molar-refractivity contribution in [1.29, 1.82) is 0 Å². The zero-order valence-corrected chi connectivity index (χ0v) is 16.7. The molecular formula is C25H22F3NO2. The molecule has 6 heteroatoms. The molecule has 1 heterocycles. The summed E-state index contributed by atoms with van der Waals surface area (Å²) in [5.41, 5.74) is 2.50. The van der Waals surface area contributed by atoms with Crippen LogP contribution in [-0.4, -0.2) is 28.6 Å². The first-order chi connectivity index (χ1) is 14.8. The van der Waals surface area contributed by atoms with Crippen LogP contribution >= 0.6 is 0 Å². The monoisotopic (exact) mass is 425 g/mol. The number of likely N-dealkylation sites (tertiary alicyclic amines) is 1. The summed E-state index contributed by atoms with van der Waals surface area (Å²) in [5.74, 6) is -0.949. The molecule has 0 bridgehead atoms. The van der Waals surface area contributed by atoms with Crippen LogP contribution in [0.15, 0.2) is 78.9 Å². The van der Waals surface area contributed by atoms with E-state index in [0.29, 0.717) is 24.9 Å². The van der Waals surface area contributed by atoms with Gasteiger partial charge in [0.05, 0.1) is 11.6 Å². The summed E-state index contributed by atoms with van der Waals surface area (Å²) in [4.78, 5) is 13.6. The van der Waals surface area contributed by atoms with Gasteiger partial charge in [-0.15, -0.1) is 0 Å². The Balaban J connectivity index is 1.77. The molecule has 3 aromatic rings. The molecule has 0 amide bonds. The number of rotatable bonds is 5. The van der Waals surface area contributed by atoms with Crippen molar-refractivity contribution < 1.29 is 23.1 Å². The van der Waals surface area contributed by atoms with Gasteiger partial charge in [0, 0.05) is 6.54 Å². The van der Waals surface area contributed by atoms with Crippen molar-refractivity contribution in [2.75, 3.05) is 6.54 Å². The Labute approximate surface area is 178 Å². The smallest absolute Gasteiger partial charge is 0.416 e. The largest absolute Gasteiger partial charge is 0.480 e. The van der Waals surface area contributed by atoms with E-state index in [0.717, 1.165) is 28.8 Å². The van der Waals surface area contributed by atoms with E-state index in [9.17, 15) is 23.1 Å². The molecule has 3 aromatic carbocycles. The third-order valence-electron chi connectivity index (χ3n) is 5.77. The number of carbonyl (C=O) groups is 1. The van der Waals surface area contributed by atoms with E-state index in [4.69, 9.17) is 0 Å². The van der Waals surface area contributed by atoms with Crippen LogP contribution in [0.2, 0.25) is 0 Å². The predicted molar refractivity (Wildman–Crippen MR) is 113 cm³/mol. The van der Waals surface area contributed by atoms with Gasteiger partial charge < -0.3 is 5.11 Å². The van der Waals surface area contributed by atoms with Crippen LogP contribution < -0.4 is 0 Å². The van der Waals surface area contributed by atoms with Gasteiger partial charge >= 0.3 is 12.1 Å². The first-order valence-electron chi connectivity index (χ1n) is 10.2. The Hall–Kier alpha value is -3.12. The molecule has 0 aromatic heterocycles. The number of hydrogen-bond donors (Lipinski definition) is 1. The van der Waals surface area contributed by atoms with Crippen molar-refractivity contribution >= 4 is 5.97 Å². The van der Waals surface area contributed by atoms with Gasteiger partial charge in [-0.05, 0) is 47.2 Å². The molecule has 1 N–H and O–H groups in total. The summed E-state index contributed by atoms with van der Waals surface area (Å²) in [6.07, 6.45) is -3.30. The lowest BCUT2D eigenvalue weighted by Gasteiger charge is -2.32. The predicted octanol–water partition coefficient (Wildman–Crippen LogP) is 6.01. The van der Waals surface area contributed by atoms with Gasteiger partial charge in [-0.3, -0.25) is 9.69 Å². The Morgan fingerprint density at radius 3 is 2.23 bits per heavy atom. The van der Waals surface area contributed by atoms with Crippen LogP contribution in [0, 0.1) is 0 Å². The zero-order valence-electron chi connectivity index (χ0n) is 16.7. The maximum atomic E-state index is 13.3. The van der Waals surface area contributed by atoms with Gasteiger partial charge in [0.25, 0.3) is 0 Å². The van der Waals surface area contributed by atoms with Gasteiger partial charge in [0.1, 0.15) is 6.04 Å². The summed E-state index contributed by atoms with van der Waals surface area (Å²) in [7, 11) is 0. The molecule has 0 saturated carbocycles. The topological polar surface area (TPSA) is 40.5 Å². The molecule has 160 valence electrons. The molecular weight excluding hydrogens is 403 g/mol. The molecule has 1 saturated heterocycles. The van der Waals surface area contributed by atoms with Crippen LogP contribution in [-0.2, 0) is 11.0 Å². The minimum atomic E-state index is -4.46. The van der Waals surface area contributed by atoms with E-state index in [-0.39, 0.29) is 0 Å². The van der Waals surface area contributed by atoms with Crippen LogP contribution in [0.4, 0.5) is 13.2 Å². The first-order valence-corrected chi connectivity index (χ1v) is 10.2. The quantitative estimate of drug-likeness (QED) is 0.544. The maximum absolute atomic E-state index is 13.3. The summed E-state index contributed by atoms with van der Waals surface area (Å²) in [5, 5.41) is 9.68. The Kier molecular flexibility index (Phi) is 5.83. The second-order valence-electron chi connectivity index (χ2n) is 7.75. The average molecular weight is 425 g/mol. The molecule has 0 radical (unpaired) electrons. The number of carboxylic acids is 1. The van der Waals surface area contributed by atoms with Crippen LogP contribution in [0.25, 0.3) is 11.1 Å². The fourth-order valence-electron chi connectivity index (χ4n) is 4.31. The number of aliphatic carboxylic acids is 1. The Morgan fingerprint density at radius 2 is 1.58 bits per heavy atom. The second-order valence-corrected chi connectivity index (χ2v) is 7.75. The fourth-order valence-corrected chi connectivity index (χ4v) is 4.31. The summed E-state index contributed by atoms with van der Waals surface area (Å²) in [6, 6.07) is 21.3. The molecule has 4 rings (SSSR count). The molecule has 0 aliphatic carbocycles. The highest BCUT2D eigenvalue weighted by atomic mass is 19.4. The van der Waals surface area contributed by atoms with Crippen molar-refractivity contribution in [3.63, 3.8) is 0 Å². The van der Waals surface area contributed by atoms with Crippen molar-refractivity contribution in [2.24, 2.45) is 0 Å². The van der Waals surface area contributed by atoms with Crippen LogP contribution in [0.5, 0.6) is 0 Å². The molecule has 1 fully saturated rings. The number of carboxylic acid groups (broad SMARTS) is 1. The van der Waals surface area contributed by atoms with E-state index >= 15 is 0 Å². The highest BCUT2D eigenvalue weighted by Gasteiger charge is 2.38. The summed E-state index contributed by atoms with van der Waals surface area (Å²) < 4.78 is 40.0. The number of benzene rings is 3. The Morgan fingerprint density at radius 1 is 0.903 bits per heavy atom. The number of nitrogens with zero attached hydrogens (tertiary/aromatic N) is 1. The van der Waals surface area contributed by atoms with E-state index in [1.54, 1.807) is 11.0 Å². The van der Waals surface area contributed by atoms with Crippen molar-refractivity contribution in [1.82, 2.24) is 4.90 Å². The molecule has 0 spiro atoms. The highest BCUT2D eigenvalue weighted by molar-refractivity contribution is 5.74. The SMILES string of the molecule is O=C(O)C1CCCN1C(c1ccc(-c2ccccc2)cc1)c1cccc(C(F)(F)F)c1. The zero-order chi connectivity index (χ0) is 22.0. The van der Waals surface area contributed by atoms with E-state index in [1.165, 1.54) is 6.07 Å². The molecule has 1 aliphatic heterocycles. The third-order valence-corrected chi connectivity index (χ3v) is 5.77. The first kappa shape index (κ1) is 21.1. The van der Waals surface area contributed by atoms with E-state index in [2.05, 4.69) is 0 Å². The molecule has 2 atom stereocenters. The second kappa shape index (κ2) is 8.55. The normalized spacial score (nSPS) is 18.1. The molecule has 2 unspecified atom stereocenters. The van der Waals surface area contributed by atoms with Gasteiger partial charge in [-0.25, -0.2) is 0 Å². The molecule has 1 aliphatic rings. The Bertz CT molecular complexity index is 1050. The lowest BCUT2D eigenvalue weighted by atomic mass is 9.93. The lowest BCUT2D eigenvalue weighted by molar-refractivity contribution is -0.143. The number of halogens is 3. The fraction of sp³-hybridized carbons (Fsp3) is 0.240. The maximum Gasteiger partial charge on any atom is 0.416 e. The average Bonchev–Trinajstić information content (AvgIpc) is 3.24. The van der Waals surface area contributed by atoms with E-state index in [1.807, 2.05) is 54.6 Å². The van der Waals surface area contributed by atoms with Crippen LogP contribution in [0.1, 0.15) is 35.6 Å². The van der Waals surface area contributed by atoms with Gasteiger partial charge in [-0.2, -0.15) is 13.2 Å². The third kappa shape index (κ3) is 4.49. The van der Waals surface area contributed by atoms with Crippen LogP contribution in [0.3, 0.4) is 0 Å². The van der Waals surface area contributed by atoms with Gasteiger partial charge in [0.15, 0.2) is 0 Å². The standard InChI is InChI=1S/C25H22F3NO2/c26-25(27,28)21-9-4-8-20(16-21)23(29-15-5-10-22(29)24(30)31)19-13-11-18(12-14-19)17-6-2-1-3-7-17/h1-4,6-9,11-14,16,22-23H,5,10,15H2,(H,30,31). The minimum Gasteiger partial charge on any atom is -0.480 e. The molecule has 31 heavy (non-hydrogen) atoms. The lowest BCUT2D eigenvalue weighted by Crippen LogP contribution is -2.39. The number of hydrogen-bond acceptors (Lipinski definition) is 2. The number of alkyl halides is 3. The van der Waals surface area contributed by atoms with Crippen molar-refractivity contribution in [3.8, 4) is 11.1 Å². The van der Waals surface area contributed by atoms with Crippen molar-refractivity contribution in [2.45, 2.75) is 31.1 Å². The molecule has 3 nitrogen and oxygen atoms in total. The van der Waals surface area contributed by atoms with Crippen molar-refractivity contribution in [3.05, 3.63) is 95.6 Å². The van der Waals surface area contributed by atoms with E-state index < -0.39 is 29.8 Å². The van der Waals surface area contributed by atoms with Gasteiger partial charge in [0.2, 0.25) is 0 Å².